The normalized spacial score (nSPS) is 16.4. The number of carbonyl (C=O) groups is 1. The van der Waals surface area contributed by atoms with Gasteiger partial charge in [-0.1, -0.05) is 19.1 Å². The maximum atomic E-state index is 12.5. The van der Waals surface area contributed by atoms with Crippen molar-refractivity contribution >= 4 is 22.9 Å². The van der Waals surface area contributed by atoms with Gasteiger partial charge in [0.25, 0.3) is 5.91 Å². The van der Waals surface area contributed by atoms with Crippen LogP contribution in [0.25, 0.3) is 0 Å². The van der Waals surface area contributed by atoms with Crippen LogP contribution in [-0.4, -0.2) is 20.7 Å². The van der Waals surface area contributed by atoms with E-state index in [1.54, 1.807) is 22.3 Å². The lowest BCUT2D eigenvalue weighted by Crippen LogP contribution is -2.10. The van der Waals surface area contributed by atoms with Gasteiger partial charge in [-0.25, -0.2) is 9.67 Å². The fourth-order valence-corrected chi connectivity index (χ4v) is 4.31. The van der Waals surface area contributed by atoms with Crippen LogP contribution >= 0.6 is 11.3 Å². The minimum Gasteiger partial charge on any atom is -0.321 e. The smallest absolute Gasteiger partial charge is 0.265 e. The molecule has 128 valence electrons. The number of aromatic nitrogens is 3. The number of nitrogens with one attached hydrogen (secondary N) is 1. The third-order valence-corrected chi connectivity index (χ3v) is 5.81. The molecule has 0 saturated carbocycles. The molecule has 0 spiro atoms. The van der Waals surface area contributed by atoms with Crippen LogP contribution in [0.4, 0.5) is 5.69 Å². The van der Waals surface area contributed by atoms with Gasteiger partial charge < -0.3 is 5.32 Å². The second-order valence-electron chi connectivity index (χ2n) is 6.65. The van der Waals surface area contributed by atoms with Crippen molar-refractivity contribution in [3.63, 3.8) is 0 Å². The molecule has 1 aliphatic carbocycles. The molecule has 2 heterocycles. The van der Waals surface area contributed by atoms with Gasteiger partial charge in [0, 0.05) is 10.6 Å². The highest BCUT2D eigenvalue weighted by Crippen LogP contribution is 2.32. The number of hydrogen-bond donors (Lipinski definition) is 1. The summed E-state index contributed by atoms with van der Waals surface area (Å²) in [4.78, 5) is 18.7. The first kappa shape index (κ1) is 16.0. The Balaban J connectivity index is 1.42. The maximum Gasteiger partial charge on any atom is 0.265 e. The molecule has 0 aliphatic heterocycles. The van der Waals surface area contributed by atoms with Crippen LogP contribution in [0.2, 0.25) is 0 Å². The van der Waals surface area contributed by atoms with E-state index in [1.807, 2.05) is 24.3 Å². The van der Waals surface area contributed by atoms with E-state index in [9.17, 15) is 4.79 Å². The minimum absolute atomic E-state index is 0.0175. The summed E-state index contributed by atoms with van der Waals surface area (Å²) in [5.74, 6) is 0.701. The second kappa shape index (κ2) is 6.80. The van der Waals surface area contributed by atoms with Crippen molar-refractivity contribution in [3.8, 4) is 0 Å². The summed E-state index contributed by atoms with van der Waals surface area (Å²) in [5, 5.41) is 7.10. The summed E-state index contributed by atoms with van der Waals surface area (Å²) >= 11 is 1.64. The topological polar surface area (TPSA) is 59.8 Å². The number of carbonyl (C=O) groups excluding carboxylic acids is 1. The highest BCUT2D eigenvalue weighted by Gasteiger charge is 2.20. The van der Waals surface area contributed by atoms with Gasteiger partial charge >= 0.3 is 0 Å². The number of anilines is 1. The van der Waals surface area contributed by atoms with Crippen molar-refractivity contribution in [2.24, 2.45) is 5.92 Å². The SMILES string of the molecule is CC1CCc2sc(C(=O)Nc3ccc(Cn4cncn4)cc3)cc2C1. The third-order valence-electron chi connectivity index (χ3n) is 4.58. The molecule has 25 heavy (non-hydrogen) atoms. The van der Waals surface area contributed by atoms with E-state index in [2.05, 4.69) is 28.4 Å². The van der Waals surface area contributed by atoms with Gasteiger partial charge in [-0.05, 0) is 54.5 Å². The first-order valence-electron chi connectivity index (χ1n) is 8.51. The standard InChI is InChI=1S/C19H20N4OS/c1-13-2-7-17-15(8-13)9-18(25-17)19(24)22-16-5-3-14(4-6-16)10-23-12-20-11-21-23/h3-6,9,11-13H,2,7-8,10H2,1H3,(H,22,24). The van der Waals surface area contributed by atoms with Crippen molar-refractivity contribution in [1.82, 2.24) is 14.8 Å². The van der Waals surface area contributed by atoms with E-state index >= 15 is 0 Å². The first-order chi connectivity index (χ1) is 12.2. The predicted octanol–water partition coefficient (Wildman–Crippen LogP) is 3.77. The Morgan fingerprint density at radius 2 is 2.20 bits per heavy atom. The van der Waals surface area contributed by atoms with E-state index in [0.29, 0.717) is 6.54 Å². The largest absolute Gasteiger partial charge is 0.321 e. The lowest BCUT2D eigenvalue weighted by molar-refractivity contribution is 0.103. The van der Waals surface area contributed by atoms with Gasteiger partial charge in [0.05, 0.1) is 11.4 Å². The summed E-state index contributed by atoms with van der Waals surface area (Å²) in [6.07, 6.45) is 6.63. The summed E-state index contributed by atoms with van der Waals surface area (Å²) in [7, 11) is 0. The van der Waals surface area contributed by atoms with Gasteiger partial charge in [-0.3, -0.25) is 4.79 Å². The molecule has 1 amide bonds. The van der Waals surface area contributed by atoms with Gasteiger partial charge in [0.2, 0.25) is 0 Å². The lowest BCUT2D eigenvalue weighted by Gasteiger charge is -2.16. The summed E-state index contributed by atoms with van der Waals surface area (Å²) in [6.45, 7) is 2.95. The summed E-state index contributed by atoms with van der Waals surface area (Å²) in [5.41, 5.74) is 3.29. The first-order valence-corrected chi connectivity index (χ1v) is 9.33. The molecular formula is C19H20N4OS. The van der Waals surface area contributed by atoms with E-state index in [-0.39, 0.29) is 5.91 Å². The van der Waals surface area contributed by atoms with Crippen LogP contribution in [0.5, 0.6) is 0 Å². The average Bonchev–Trinajstić information content (AvgIpc) is 3.25. The molecule has 6 heteroatoms. The molecular weight excluding hydrogens is 332 g/mol. The monoisotopic (exact) mass is 352 g/mol. The molecule has 0 fully saturated rings. The van der Waals surface area contributed by atoms with E-state index < -0.39 is 0 Å². The fraction of sp³-hybridized carbons (Fsp3) is 0.316. The van der Waals surface area contributed by atoms with E-state index in [1.165, 1.54) is 23.2 Å². The lowest BCUT2D eigenvalue weighted by atomic mass is 9.90. The van der Waals surface area contributed by atoms with Crippen molar-refractivity contribution in [3.05, 3.63) is 63.9 Å². The van der Waals surface area contributed by atoms with Crippen LogP contribution in [0, 0.1) is 5.92 Å². The van der Waals surface area contributed by atoms with Gasteiger partial charge in [0.15, 0.2) is 0 Å². The highest BCUT2D eigenvalue weighted by atomic mass is 32.1. The van der Waals surface area contributed by atoms with Crippen LogP contribution in [-0.2, 0) is 19.4 Å². The van der Waals surface area contributed by atoms with E-state index in [0.717, 1.165) is 34.9 Å². The summed E-state index contributed by atoms with van der Waals surface area (Å²) in [6, 6.07) is 9.93. The molecule has 2 aromatic heterocycles. The Labute approximate surface area is 150 Å². The zero-order chi connectivity index (χ0) is 17.2. The van der Waals surface area contributed by atoms with Crippen molar-refractivity contribution < 1.29 is 4.79 Å². The van der Waals surface area contributed by atoms with Gasteiger partial charge in [-0.2, -0.15) is 5.10 Å². The Kier molecular flexibility index (Phi) is 4.36. The van der Waals surface area contributed by atoms with Crippen LogP contribution in [0.1, 0.15) is 39.0 Å². The fourth-order valence-electron chi connectivity index (χ4n) is 3.21. The predicted molar refractivity (Wildman–Crippen MR) is 99.0 cm³/mol. The number of benzene rings is 1. The summed E-state index contributed by atoms with van der Waals surface area (Å²) < 4.78 is 1.77. The quantitative estimate of drug-likeness (QED) is 0.778. The minimum atomic E-state index is -0.0175. The maximum absolute atomic E-state index is 12.5. The van der Waals surface area contributed by atoms with E-state index in [4.69, 9.17) is 0 Å². The van der Waals surface area contributed by atoms with Gasteiger partial charge in [0.1, 0.15) is 12.7 Å². The Morgan fingerprint density at radius 3 is 2.96 bits per heavy atom. The second-order valence-corrected chi connectivity index (χ2v) is 7.79. The van der Waals surface area contributed by atoms with Crippen molar-refractivity contribution in [2.75, 3.05) is 5.32 Å². The Hall–Kier alpha value is -2.47. The molecule has 1 unspecified atom stereocenters. The molecule has 1 atom stereocenters. The number of hydrogen-bond acceptors (Lipinski definition) is 4. The van der Waals surface area contributed by atoms with Gasteiger partial charge in [-0.15, -0.1) is 11.3 Å². The zero-order valence-corrected chi connectivity index (χ0v) is 14.9. The van der Waals surface area contributed by atoms with Crippen molar-refractivity contribution in [1.29, 1.82) is 0 Å². The van der Waals surface area contributed by atoms with Crippen molar-refractivity contribution in [2.45, 2.75) is 32.7 Å². The molecule has 1 aliphatic rings. The Bertz CT molecular complexity index is 867. The molecule has 3 aromatic rings. The number of rotatable bonds is 4. The number of amides is 1. The zero-order valence-electron chi connectivity index (χ0n) is 14.1. The highest BCUT2D eigenvalue weighted by molar-refractivity contribution is 7.14. The Morgan fingerprint density at radius 1 is 1.36 bits per heavy atom. The van der Waals surface area contributed by atoms with Crippen LogP contribution in [0.15, 0.2) is 43.0 Å². The number of fused-ring (bicyclic) bond motifs is 1. The average molecular weight is 352 g/mol. The molecule has 0 saturated heterocycles. The van der Waals surface area contributed by atoms with Crippen LogP contribution in [0.3, 0.4) is 0 Å². The molecule has 4 rings (SSSR count). The third kappa shape index (κ3) is 3.64. The number of aryl methyl sites for hydroxylation is 1. The number of nitrogens with zero attached hydrogens (tertiary/aromatic N) is 3. The molecule has 1 N–H and O–H groups in total. The molecule has 5 nitrogen and oxygen atoms in total. The molecule has 1 aromatic carbocycles. The molecule has 0 radical (unpaired) electrons. The van der Waals surface area contributed by atoms with Crippen LogP contribution < -0.4 is 5.32 Å². The number of thiophene rings is 1. The molecule has 0 bridgehead atoms.